The lowest BCUT2D eigenvalue weighted by atomic mass is 10.1. The van der Waals surface area contributed by atoms with Crippen molar-refractivity contribution in [1.29, 1.82) is 0 Å². The lowest BCUT2D eigenvalue weighted by Crippen LogP contribution is -2.39. The van der Waals surface area contributed by atoms with Gasteiger partial charge in [0.1, 0.15) is 5.82 Å². The summed E-state index contributed by atoms with van der Waals surface area (Å²) in [5.74, 6) is -0.360. The van der Waals surface area contributed by atoms with E-state index < -0.39 is 6.10 Å². The number of ether oxygens (including phenoxy) is 1. The maximum Gasteiger partial charge on any atom is 0.129 e. The third-order valence-corrected chi connectivity index (χ3v) is 3.59. The number of halogens is 1. The first kappa shape index (κ1) is 13.5. The van der Waals surface area contributed by atoms with Gasteiger partial charge in [-0.15, -0.1) is 0 Å². The fourth-order valence-corrected chi connectivity index (χ4v) is 2.56. The van der Waals surface area contributed by atoms with Crippen LogP contribution in [0, 0.1) is 5.82 Å². The Kier molecular flexibility index (Phi) is 4.69. The van der Waals surface area contributed by atoms with Crippen LogP contribution in [0.3, 0.4) is 0 Å². The quantitative estimate of drug-likeness (QED) is 0.843. The number of hydrogen-bond acceptors (Lipinski definition) is 3. The Balaban J connectivity index is 1.88. The molecule has 0 heterocycles. The average molecular weight is 253 g/mol. The molecule has 1 aromatic carbocycles. The summed E-state index contributed by atoms with van der Waals surface area (Å²) in [6.45, 7) is 0.353. The number of aliphatic hydroxyl groups is 1. The minimum atomic E-state index is -0.815. The zero-order valence-corrected chi connectivity index (χ0v) is 10.6. The summed E-state index contributed by atoms with van der Waals surface area (Å²) >= 11 is 0. The van der Waals surface area contributed by atoms with Crippen LogP contribution in [0.25, 0.3) is 0 Å². The van der Waals surface area contributed by atoms with Crippen molar-refractivity contribution in [3.8, 4) is 0 Å². The monoisotopic (exact) mass is 253 g/mol. The predicted molar refractivity (Wildman–Crippen MR) is 67.8 cm³/mol. The highest BCUT2D eigenvalue weighted by Gasteiger charge is 2.27. The van der Waals surface area contributed by atoms with Gasteiger partial charge in [-0.1, -0.05) is 18.2 Å². The lowest BCUT2D eigenvalue weighted by molar-refractivity contribution is 0.0776. The Morgan fingerprint density at radius 3 is 2.94 bits per heavy atom. The van der Waals surface area contributed by atoms with Crippen LogP contribution in [0.1, 0.15) is 30.9 Å². The number of methoxy groups -OCH3 is 1. The van der Waals surface area contributed by atoms with Crippen molar-refractivity contribution in [3.63, 3.8) is 0 Å². The van der Waals surface area contributed by atoms with Crippen LogP contribution in [-0.4, -0.2) is 30.9 Å². The maximum absolute atomic E-state index is 13.5. The first-order valence-electron chi connectivity index (χ1n) is 6.41. The molecule has 2 rings (SSSR count). The number of benzene rings is 1. The molecule has 1 saturated carbocycles. The molecule has 3 atom stereocenters. The van der Waals surface area contributed by atoms with Gasteiger partial charge in [0, 0.05) is 25.3 Å². The Morgan fingerprint density at radius 1 is 1.44 bits per heavy atom. The van der Waals surface area contributed by atoms with E-state index in [4.69, 9.17) is 4.74 Å². The number of aliphatic hydroxyl groups excluding tert-OH is 1. The van der Waals surface area contributed by atoms with E-state index in [2.05, 4.69) is 5.32 Å². The van der Waals surface area contributed by atoms with Crippen molar-refractivity contribution in [2.24, 2.45) is 0 Å². The summed E-state index contributed by atoms with van der Waals surface area (Å²) in [5, 5.41) is 13.2. The highest BCUT2D eigenvalue weighted by molar-refractivity contribution is 5.20. The molecule has 0 aliphatic heterocycles. The third kappa shape index (κ3) is 3.07. The molecule has 0 radical (unpaired) electrons. The zero-order chi connectivity index (χ0) is 13.0. The van der Waals surface area contributed by atoms with Gasteiger partial charge in [0.25, 0.3) is 0 Å². The zero-order valence-electron chi connectivity index (χ0n) is 10.6. The predicted octanol–water partition coefficient (Wildman–Crippen LogP) is 2.02. The van der Waals surface area contributed by atoms with Gasteiger partial charge in [-0.2, -0.15) is 0 Å². The minimum absolute atomic E-state index is 0.206. The lowest BCUT2D eigenvalue weighted by Gasteiger charge is -2.21. The van der Waals surface area contributed by atoms with Gasteiger partial charge >= 0.3 is 0 Å². The fraction of sp³-hybridized carbons (Fsp3) is 0.571. The molecule has 2 N–H and O–H groups in total. The van der Waals surface area contributed by atoms with Crippen molar-refractivity contribution in [3.05, 3.63) is 35.6 Å². The van der Waals surface area contributed by atoms with Crippen LogP contribution in [0.5, 0.6) is 0 Å². The van der Waals surface area contributed by atoms with E-state index in [0.29, 0.717) is 12.1 Å². The molecular formula is C14H20FNO2. The summed E-state index contributed by atoms with van der Waals surface area (Å²) in [6, 6.07) is 6.60. The number of hydrogen-bond donors (Lipinski definition) is 2. The summed E-state index contributed by atoms with van der Waals surface area (Å²) < 4.78 is 18.8. The van der Waals surface area contributed by atoms with Gasteiger partial charge in [-0.25, -0.2) is 4.39 Å². The van der Waals surface area contributed by atoms with E-state index in [9.17, 15) is 9.50 Å². The normalized spacial score (nSPS) is 25.3. The van der Waals surface area contributed by atoms with Crippen LogP contribution in [0.2, 0.25) is 0 Å². The Morgan fingerprint density at radius 2 is 2.22 bits per heavy atom. The average Bonchev–Trinajstić information content (AvgIpc) is 2.84. The molecule has 0 saturated heterocycles. The molecule has 1 aliphatic rings. The molecule has 0 aromatic heterocycles. The molecule has 0 bridgehead atoms. The van der Waals surface area contributed by atoms with Gasteiger partial charge < -0.3 is 15.2 Å². The van der Waals surface area contributed by atoms with Crippen LogP contribution in [0.15, 0.2) is 24.3 Å². The number of rotatable bonds is 5. The summed E-state index contributed by atoms with van der Waals surface area (Å²) in [5.41, 5.74) is 0.344. The largest absolute Gasteiger partial charge is 0.387 e. The first-order chi connectivity index (χ1) is 8.72. The second-order valence-corrected chi connectivity index (χ2v) is 4.76. The van der Waals surface area contributed by atoms with Crippen LogP contribution < -0.4 is 5.32 Å². The standard InChI is InChI=1S/C14H20FNO2/c1-18-14-8-4-7-12(14)16-9-13(17)10-5-2-3-6-11(10)15/h2-3,5-6,12-14,16-17H,4,7-9H2,1H3. The molecule has 1 aliphatic carbocycles. The first-order valence-corrected chi connectivity index (χ1v) is 6.41. The van der Waals surface area contributed by atoms with Crippen molar-refractivity contribution in [1.82, 2.24) is 5.32 Å². The van der Waals surface area contributed by atoms with Crippen molar-refractivity contribution < 1.29 is 14.2 Å². The molecule has 18 heavy (non-hydrogen) atoms. The van der Waals surface area contributed by atoms with E-state index in [1.54, 1.807) is 25.3 Å². The molecule has 0 spiro atoms. The van der Waals surface area contributed by atoms with E-state index in [1.807, 2.05) is 0 Å². The molecule has 100 valence electrons. The van der Waals surface area contributed by atoms with Gasteiger partial charge in [0.05, 0.1) is 12.2 Å². The van der Waals surface area contributed by atoms with Crippen LogP contribution in [0.4, 0.5) is 4.39 Å². The van der Waals surface area contributed by atoms with Crippen LogP contribution in [-0.2, 0) is 4.74 Å². The summed E-state index contributed by atoms with van der Waals surface area (Å²) in [7, 11) is 1.71. The van der Waals surface area contributed by atoms with Crippen molar-refractivity contribution >= 4 is 0 Å². The molecule has 3 nitrogen and oxygen atoms in total. The Bertz CT molecular complexity index is 386. The number of nitrogens with one attached hydrogen (secondary N) is 1. The smallest absolute Gasteiger partial charge is 0.129 e. The highest BCUT2D eigenvalue weighted by Crippen LogP contribution is 2.22. The molecule has 4 heteroatoms. The summed E-state index contributed by atoms with van der Waals surface area (Å²) in [4.78, 5) is 0. The molecule has 0 amide bonds. The van der Waals surface area contributed by atoms with Crippen molar-refractivity contribution in [2.45, 2.75) is 37.5 Å². The van der Waals surface area contributed by atoms with E-state index in [1.165, 1.54) is 6.07 Å². The minimum Gasteiger partial charge on any atom is -0.387 e. The van der Waals surface area contributed by atoms with E-state index >= 15 is 0 Å². The van der Waals surface area contributed by atoms with Crippen LogP contribution >= 0.6 is 0 Å². The Labute approximate surface area is 107 Å². The molecule has 1 fully saturated rings. The second-order valence-electron chi connectivity index (χ2n) is 4.76. The van der Waals surface area contributed by atoms with E-state index in [-0.39, 0.29) is 18.0 Å². The highest BCUT2D eigenvalue weighted by atomic mass is 19.1. The molecular weight excluding hydrogens is 233 g/mol. The van der Waals surface area contributed by atoms with Gasteiger partial charge in [-0.05, 0) is 25.3 Å². The SMILES string of the molecule is COC1CCCC1NCC(O)c1ccccc1F. The molecule has 3 unspecified atom stereocenters. The maximum atomic E-state index is 13.5. The van der Waals surface area contributed by atoms with Gasteiger partial charge in [0.15, 0.2) is 0 Å². The molecule has 1 aromatic rings. The van der Waals surface area contributed by atoms with Gasteiger partial charge in [0.2, 0.25) is 0 Å². The van der Waals surface area contributed by atoms with E-state index in [0.717, 1.165) is 19.3 Å². The third-order valence-electron chi connectivity index (χ3n) is 3.59. The van der Waals surface area contributed by atoms with Gasteiger partial charge in [-0.3, -0.25) is 0 Å². The fourth-order valence-electron chi connectivity index (χ4n) is 2.56. The Hall–Kier alpha value is -0.970. The second kappa shape index (κ2) is 6.27. The summed E-state index contributed by atoms with van der Waals surface area (Å²) in [6.07, 6.45) is 2.61. The topological polar surface area (TPSA) is 41.5 Å². The van der Waals surface area contributed by atoms with Crippen molar-refractivity contribution in [2.75, 3.05) is 13.7 Å².